The minimum Gasteiger partial charge on any atom is -0.458 e. The number of allylic oxidation sites excluding steroid dienone is 1. The molecule has 0 saturated carbocycles. The predicted octanol–water partition coefficient (Wildman–Crippen LogP) is 3.67. The van der Waals surface area contributed by atoms with Gasteiger partial charge in [-0.05, 0) is 31.8 Å². The maximum atomic E-state index is 12.5. The van der Waals surface area contributed by atoms with Crippen molar-refractivity contribution in [2.45, 2.75) is 66.4 Å². The monoisotopic (exact) mass is 266 g/mol. The number of ketones is 1. The quantitative estimate of drug-likeness (QED) is 0.566. The lowest BCUT2D eigenvalue weighted by Gasteiger charge is -2.35. The van der Waals surface area contributed by atoms with Gasteiger partial charge in [-0.25, -0.2) is 0 Å². The summed E-state index contributed by atoms with van der Waals surface area (Å²) in [5, 5.41) is 0. The number of carbonyl (C=O) groups is 2. The highest BCUT2D eigenvalue weighted by Crippen LogP contribution is 2.38. The Labute approximate surface area is 116 Å². The van der Waals surface area contributed by atoms with Crippen molar-refractivity contribution in [3.8, 4) is 0 Å². The molecule has 0 amide bonds. The number of rotatable bonds is 2. The fourth-order valence-electron chi connectivity index (χ4n) is 2.79. The van der Waals surface area contributed by atoms with Gasteiger partial charge in [-0.15, -0.1) is 0 Å². The van der Waals surface area contributed by atoms with Gasteiger partial charge in [0.1, 0.15) is 11.9 Å². The van der Waals surface area contributed by atoms with Crippen LogP contribution in [0.3, 0.4) is 0 Å². The van der Waals surface area contributed by atoms with E-state index in [1.807, 2.05) is 32.9 Å². The predicted molar refractivity (Wildman–Crippen MR) is 75.7 cm³/mol. The molecule has 0 unspecified atom stereocenters. The van der Waals surface area contributed by atoms with Crippen LogP contribution in [0.15, 0.2) is 12.2 Å². The maximum absolute atomic E-state index is 12.5. The first-order chi connectivity index (χ1) is 8.65. The topological polar surface area (TPSA) is 43.4 Å². The first kappa shape index (κ1) is 15.9. The van der Waals surface area contributed by atoms with E-state index in [1.54, 1.807) is 0 Å². The van der Waals surface area contributed by atoms with Crippen molar-refractivity contribution in [2.75, 3.05) is 0 Å². The number of Topliss-reactive ketones (excluding diaryl/α,β-unsaturated/α-hetero) is 1. The molecule has 3 nitrogen and oxygen atoms in total. The fourth-order valence-corrected chi connectivity index (χ4v) is 2.79. The van der Waals surface area contributed by atoms with E-state index in [1.165, 1.54) is 6.92 Å². The number of carbonyl (C=O) groups excluding carboxylic acids is 2. The van der Waals surface area contributed by atoms with Gasteiger partial charge in [-0.3, -0.25) is 9.59 Å². The van der Waals surface area contributed by atoms with Crippen LogP contribution in [0.4, 0.5) is 0 Å². The van der Waals surface area contributed by atoms with Crippen LogP contribution in [0.5, 0.6) is 0 Å². The lowest BCUT2D eigenvalue weighted by atomic mass is 9.68. The minimum atomic E-state index is -0.308. The molecule has 108 valence electrons. The van der Waals surface area contributed by atoms with E-state index in [0.717, 1.165) is 25.7 Å². The van der Waals surface area contributed by atoms with E-state index < -0.39 is 0 Å². The van der Waals surface area contributed by atoms with Gasteiger partial charge in [0.05, 0.1) is 0 Å². The minimum absolute atomic E-state index is 0.133. The summed E-state index contributed by atoms with van der Waals surface area (Å²) in [5.74, 6) is 0.0688. The van der Waals surface area contributed by atoms with Crippen LogP contribution in [0.25, 0.3) is 0 Å². The van der Waals surface area contributed by atoms with Crippen molar-refractivity contribution < 1.29 is 14.3 Å². The zero-order valence-corrected chi connectivity index (χ0v) is 12.8. The van der Waals surface area contributed by atoms with Crippen molar-refractivity contribution in [1.29, 1.82) is 0 Å². The second kappa shape index (κ2) is 5.89. The molecule has 3 heteroatoms. The highest BCUT2D eigenvalue weighted by molar-refractivity contribution is 5.89. The van der Waals surface area contributed by atoms with Crippen LogP contribution in [-0.4, -0.2) is 17.9 Å². The Kier molecular flexibility index (Phi) is 4.94. The fraction of sp³-hybridized carbons (Fsp3) is 0.750. The van der Waals surface area contributed by atoms with E-state index in [4.69, 9.17) is 4.74 Å². The molecule has 0 bridgehead atoms. The van der Waals surface area contributed by atoms with Crippen LogP contribution in [0.2, 0.25) is 0 Å². The van der Waals surface area contributed by atoms with Gasteiger partial charge in [0.2, 0.25) is 0 Å². The molecule has 0 saturated heterocycles. The van der Waals surface area contributed by atoms with Crippen LogP contribution in [0, 0.1) is 10.8 Å². The molecule has 19 heavy (non-hydrogen) atoms. The Morgan fingerprint density at radius 2 is 1.95 bits per heavy atom. The van der Waals surface area contributed by atoms with Gasteiger partial charge in [0.15, 0.2) is 0 Å². The first-order valence-electron chi connectivity index (χ1n) is 7.04. The van der Waals surface area contributed by atoms with Crippen molar-refractivity contribution in [1.82, 2.24) is 0 Å². The first-order valence-corrected chi connectivity index (χ1v) is 7.04. The lowest BCUT2D eigenvalue weighted by molar-refractivity contribution is -0.145. The van der Waals surface area contributed by atoms with Crippen LogP contribution in [0.1, 0.15) is 60.3 Å². The summed E-state index contributed by atoms with van der Waals surface area (Å²) in [6.07, 6.45) is 7.06. The van der Waals surface area contributed by atoms with E-state index in [9.17, 15) is 9.59 Å². The normalized spacial score (nSPS) is 30.1. The van der Waals surface area contributed by atoms with Gasteiger partial charge in [0, 0.05) is 17.8 Å². The Morgan fingerprint density at radius 3 is 2.47 bits per heavy atom. The Hall–Kier alpha value is -1.12. The van der Waals surface area contributed by atoms with E-state index in [-0.39, 0.29) is 22.9 Å². The SMILES string of the molecule is CC(=O)O[C@@H]1/C=C/C[C@](C)(C(=O)C(C)(C)C)CCC1. The molecule has 0 aromatic carbocycles. The third-order valence-electron chi connectivity index (χ3n) is 3.68. The zero-order valence-electron chi connectivity index (χ0n) is 12.8. The van der Waals surface area contributed by atoms with Crippen LogP contribution < -0.4 is 0 Å². The summed E-state index contributed by atoms with van der Waals surface area (Å²) in [5.41, 5.74) is -0.604. The lowest BCUT2D eigenvalue weighted by Crippen LogP contribution is -2.37. The molecule has 0 aromatic rings. The average Bonchev–Trinajstić information content (AvgIpc) is 2.23. The zero-order chi connectivity index (χ0) is 14.7. The van der Waals surface area contributed by atoms with Crippen molar-refractivity contribution in [3.63, 3.8) is 0 Å². The molecule has 0 N–H and O–H groups in total. The van der Waals surface area contributed by atoms with Crippen LogP contribution >= 0.6 is 0 Å². The summed E-state index contributed by atoms with van der Waals surface area (Å²) in [6.45, 7) is 9.41. The van der Waals surface area contributed by atoms with Gasteiger partial charge >= 0.3 is 5.97 Å². The molecule has 1 aliphatic rings. The summed E-state index contributed by atoms with van der Waals surface area (Å²) in [6, 6.07) is 0. The molecular weight excluding hydrogens is 240 g/mol. The van der Waals surface area contributed by atoms with Gasteiger partial charge in [0.25, 0.3) is 0 Å². The number of ether oxygens (including phenoxy) is 1. The number of esters is 1. The highest BCUT2D eigenvalue weighted by atomic mass is 16.5. The molecule has 0 spiro atoms. The summed E-state index contributed by atoms with van der Waals surface area (Å²) >= 11 is 0. The molecule has 2 atom stereocenters. The molecule has 1 aliphatic carbocycles. The van der Waals surface area contributed by atoms with Gasteiger partial charge in [-0.1, -0.05) is 33.8 Å². The van der Waals surface area contributed by atoms with E-state index >= 15 is 0 Å². The van der Waals surface area contributed by atoms with Crippen molar-refractivity contribution in [2.24, 2.45) is 10.8 Å². The Bertz CT molecular complexity index is 376. The van der Waals surface area contributed by atoms with Gasteiger partial charge < -0.3 is 4.74 Å². The van der Waals surface area contributed by atoms with Gasteiger partial charge in [-0.2, -0.15) is 0 Å². The molecule has 0 aliphatic heterocycles. The highest BCUT2D eigenvalue weighted by Gasteiger charge is 2.39. The maximum Gasteiger partial charge on any atom is 0.303 e. The number of hydrogen-bond donors (Lipinski definition) is 0. The van der Waals surface area contributed by atoms with E-state index in [2.05, 4.69) is 6.92 Å². The molecule has 0 radical (unpaired) electrons. The summed E-state index contributed by atoms with van der Waals surface area (Å²) in [4.78, 5) is 23.5. The second-order valence-corrected chi connectivity index (χ2v) is 6.81. The van der Waals surface area contributed by atoms with E-state index in [0.29, 0.717) is 5.78 Å². The van der Waals surface area contributed by atoms with Crippen LogP contribution in [-0.2, 0) is 14.3 Å². The third-order valence-corrected chi connectivity index (χ3v) is 3.68. The van der Waals surface area contributed by atoms with Crippen molar-refractivity contribution >= 4 is 11.8 Å². The molecule has 0 fully saturated rings. The third kappa shape index (κ3) is 4.48. The Morgan fingerprint density at radius 1 is 1.32 bits per heavy atom. The largest absolute Gasteiger partial charge is 0.458 e. The summed E-state index contributed by atoms with van der Waals surface area (Å²) < 4.78 is 5.21. The summed E-state index contributed by atoms with van der Waals surface area (Å²) in [7, 11) is 0. The Balaban J connectivity index is 2.77. The average molecular weight is 266 g/mol. The number of hydrogen-bond acceptors (Lipinski definition) is 3. The molecule has 0 heterocycles. The molecule has 1 rings (SSSR count). The molecular formula is C16H26O3. The standard InChI is InChI=1S/C16H26O3/c1-12(17)19-13-8-6-10-16(5,11-7-9-13)14(18)15(2,3)4/h6,8,13H,7,9-11H2,1-5H3/b8-6+/t13-,16+/m1/s1. The second-order valence-electron chi connectivity index (χ2n) is 6.81. The smallest absolute Gasteiger partial charge is 0.303 e. The van der Waals surface area contributed by atoms with Crippen molar-refractivity contribution in [3.05, 3.63) is 12.2 Å². The molecule has 0 aromatic heterocycles.